The first-order valence-corrected chi connectivity index (χ1v) is 9.88. The highest BCUT2D eigenvalue weighted by Gasteiger charge is 2.27. The first kappa shape index (κ1) is 20.1. The van der Waals surface area contributed by atoms with Gasteiger partial charge < -0.3 is 14.7 Å². The molecule has 0 atom stereocenters. The van der Waals surface area contributed by atoms with Gasteiger partial charge in [-0.1, -0.05) is 48.0 Å². The van der Waals surface area contributed by atoms with E-state index in [0.29, 0.717) is 17.1 Å². The molecule has 8 heteroatoms. The summed E-state index contributed by atoms with van der Waals surface area (Å²) in [6.07, 6.45) is -0.776. The number of fused-ring (bicyclic) bond motifs is 3. The number of nitrogens with zero attached hydrogens (tertiary/aromatic N) is 4. The second-order valence-electron chi connectivity index (χ2n) is 7.20. The topological polar surface area (TPSA) is 80.0 Å². The molecule has 1 aromatic heterocycles. The number of aromatic nitrogens is 2. The third kappa shape index (κ3) is 3.81. The predicted molar refractivity (Wildman–Crippen MR) is 115 cm³/mol. The zero-order valence-electron chi connectivity index (χ0n) is 16.7. The van der Waals surface area contributed by atoms with Crippen molar-refractivity contribution < 1.29 is 14.6 Å². The van der Waals surface area contributed by atoms with Crippen LogP contribution in [-0.4, -0.2) is 52.1 Å². The van der Waals surface area contributed by atoms with Gasteiger partial charge in [-0.2, -0.15) is 4.98 Å². The van der Waals surface area contributed by atoms with Crippen LogP contribution in [0.15, 0.2) is 53.5 Å². The Hall–Kier alpha value is -3.16. The number of benzene rings is 2. The van der Waals surface area contributed by atoms with Gasteiger partial charge in [0.05, 0.1) is 17.9 Å². The molecule has 1 N–H and O–H groups in total. The van der Waals surface area contributed by atoms with Crippen LogP contribution >= 0.6 is 11.6 Å². The number of rotatable bonds is 5. The van der Waals surface area contributed by atoms with Crippen LogP contribution in [0.4, 0.5) is 4.79 Å². The number of hydrogen-bond donors (Lipinski definition) is 1. The molecule has 0 spiro atoms. The normalized spacial score (nSPS) is 12.7. The van der Waals surface area contributed by atoms with Crippen molar-refractivity contribution in [1.29, 1.82) is 0 Å². The molecule has 7 nitrogen and oxygen atoms in total. The molecule has 30 heavy (non-hydrogen) atoms. The molecule has 154 valence electrons. The zero-order valence-corrected chi connectivity index (χ0v) is 17.4. The van der Waals surface area contributed by atoms with Crippen LogP contribution in [0.3, 0.4) is 0 Å². The van der Waals surface area contributed by atoms with Crippen molar-refractivity contribution in [3.05, 3.63) is 76.2 Å². The van der Waals surface area contributed by atoms with E-state index < -0.39 is 6.16 Å². The molecule has 0 unspecified atom stereocenters. The fraction of sp³-hybridized carbons (Fsp3) is 0.227. The number of aliphatic imine (C=N–C) groups is 1. The molecule has 2 aromatic carbocycles. The highest BCUT2D eigenvalue weighted by molar-refractivity contribution is 6.35. The number of likely N-dealkylation sites (N-methyl/N-ethyl adjacent to an activating group) is 1. The largest absolute Gasteiger partial charge is 0.512 e. The second-order valence-corrected chi connectivity index (χ2v) is 7.61. The summed E-state index contributed by atoms with van der Waals surface area (Å²) < 4.78 is 6.97. The molecule has 1 aliphatic heterocycles. The van der Waals surface area contributed by atoms with E-state index in [2.05, 4.69) is 4.98 Å². The summed E-state index contributed by atoms with van der Waals surface area (Å²) in [5, 5.41) is 9.80. The zero-order chi connectivity index (χ0) is 21.3. The van der Waals surface area contributed by atoms with E-state index in [1.165, 1.54) is 0 Å². The van der Waals surface area contributed by atoms with E-state index in [9.17, 15) is 9.90 Å². The number of imidazole rings is 1. The maximum absolute atomic E-state index is 11.3. The first-order valence-electron chi connectivity index (χ1n) is 9.51. The molecule has 0 saturated carbocycles. The lowest BCUT2D eigenvalue weighted by molar-refractivity contribution is 0.142. The predicted octanol–water partition coefficient (Wildman–Crippen LogP) is 4.04. The number of halogens is 1. The summed E-state index contributed by atoms with van der Waals surface area (Å²) in [5.74, 6) is 0.785. The number of carbonyl (C=O) groups is 1. The minimum atomic E-state index is -1.40. The lowest BCUT2D eigenvalue weighted by Crippen LogP contribution is -2.18. The van der Waals surface area contributed by atoms with Crippen LogP contribution in [0.25, 0.3) is 5.69 Å². The molecule has 2 heterocycles. The fourth-order valence-electron chi connectivity index (χ4n) is 3.55. The molecule has 0 saturated heterocycles. The monoisotopic (exact) mass is 424 g/mol. The molecule has 0 bridgehead atoms. The third-order valence-electron chi connectivity index (χ3n) is 4.89. The summed E-state index contributed by atoms with van der Waals surface area (Å²) in [6.45, 7) is 0.968. The Balaban J connectivity index is 1.92. The summed E-state index contributed by atoms with van der Waals surface area (Å²) in [6, 6.07) is 15.4. The average Bonchev–Trinajstić information content (AvgIpc) is 2.94. The molecule has 0 amide bonds. The van der Waals surface area contributed by atoms with Gasteiger partial charge in [0, 0.05) is 29.1 Å². The van der Waals surface area contributed by atoms with E-state index in [1.54, 1.807) is 0 Å². The van der Waals surface area contributed by atoms with Crippen LogP contribution in [0.2, 0.25) is 5.02 Å². The van der Waals surface area contributed by atoms with Crippen LogP contribution in [0, 0.1) is 0 Å². The van der Waals surface area contributed by atoms with Gasteiger partial charge in [-0.25, -0.2) is 4.79 Å². The van der Waals surface area contributed by atoms with E-state index in [0.717, 1.165) is 34.9 Å². The van der Waals surface area contributed by atoms with Gasteiger partial charge in [0.1, 0.15) is 11.5 Å². The standard InChI is InChI=1S/C22H21ClN4O3/c1-26(2)12-11-19-25-21(30-22(28)29)18-13-24-20(14-7-3-5-9-16(14)23)15-8-4-6-10-17(15)27(18)19/h3-10H,11-13H2,1-2H3,(H,28,29). The Labute approximate surface area is 179 Å². The van der Waals surface area contributed by atoms with Gasteiger partial charge in [0.15, 0.2) is 0 Å². The summed E-state index contributed by atoms with van der Waals surface area (Å²) in [7, 11) is 3.96. The highest BCUT2D eigenvalue weighted by atomic mass is 35.5. The van der Waals surface area contributed by atoms with Gasteiger partial charge in [-0.3, -0.25) is 9.56 Å². The molecule has 0 fully saturated rings. The van der Waals surface area contributed by atoms with Gasteiger partial charge in [-0.05, 0) is 26.2 Å². The maximum Gasteiger partial charge on any atom is 0.512 e. The van der Waals surface area contributed by atoms with E-state index in [4.69, 9.17) is 21.3 Å². The van der Waals surface area contributed by atoms with Crippen LogP contribution in [-0.2, 0) is 13.0 Å². The molecule has 1 aliphatic rings. The van der Waals surface area contributed by atoms with Gasteiger partial charge in [0.25, 0.3) is 0 Å². The van der Waals surface area contributed by atoms with Crippen molar-refractivity contribution in [2.45, 2.75) is 13.0 Å². The van der Waals surface area contributed by atoms with E-state index in [-0.39, 0.29) is 12.4 Å². The lowest BCUT2D eigenvalue weighted by Gasteiger charge is -2.15. The molecule has 3 aromatic rings. The summed E-state index contributed by atoms with van der Waals surface area (Å²) >= 11 is 6.47. The van der Waals surface area contributed by atoms with Crippen molar-refractivity contribution in [3.8, 4) is 11.6 Å². The Morgan fingerprint density at radius 2 is 1.87 bits per heavy atom. The quantitative estimate of drug-likeness (QED) is 0.625. The first-order chi connectivity index (χ1) is 14.5. The summed E-state index contributed by atoms with van der Waals surface area (Å²) in [5.41, 5.74) is 3.93. The van der Waals surface area contributed by atoms with Crippen molar-refractivity contribution in [2.75, 3.05) is 20.6 Å². The van der Waals surface area contributed by atoms with Crippen molar-refractivity contribution in [2.24, 2.45) is 4.99 Å². The SMILES string of the molecule is CN(C)CCc1nc(OC(=O)O)c2n1-c1ccccc1C(c1ccccc1Cl)=NC2. The highest BCUT2D eigenvalue weighted by Crippen LogP contribution is 2.33. The Kier molecular flexibility index (Phi) is 5.57. The Bertz CT molecular complexity index is 1140. The Morgan fingerprint density at radius 1 is 1.17 bits per heavy atom. The fourth-order valence-corrected chi connectivity index (χ4v) is 3.78. The molecule has 0 aliphatic carbocycles. The summed E-state index contributed by atoms with van der Waals surface area (Å²) in [4.78, 5) is 22.6. The minimum absolute atomic E-state index is 0.0650. The van der Waals surface area contributed by atoms with E-state index in [1.807, 2.05) is 72.1 Å². The molecule has 4 rings (SSSR count). The molecule has 0 radical (unpaired) electrons. The van der Waals surface area contributed by atoms with Crippen LogP contribution < -0.4 is 4.74 Å². The van der Waals surface area contributed by atoms with Crippen LogP contribution in [0.5, 0.6) is 5.88 Å². The van der Waals surface area contributed by atoms with Crippen molar-refractivity contribution in [1.82, 2.24) is 14.5 Å². The second kappa shape index (κ2) is 8.30. The smallest absolute Gasteiger partial charge is 0.449 e. The molecular formula is C22H21ClN4O3. The van der Waals surface area contributed by atoms with Crippen molar-refractivity contribution in [3.63, 3.8) is 0 Å². The Morgan fingerprint density at radius 3 is 2.57 bits per heavy atom. The lowest BCUT2D eigenvalue weighted by atomic mass is 10.0. The number of hydrogen-bond acceptors (Lipinski definition) is 5. The number of ether oxygens (including phenoxy) is 1. The van der Waals surface area contributed by atoms with Gasteiger partial charge in [-0.15, -0.1) is 0 Å². The maximum atomic E-state index is 11.3. The minimum Gasteiger partial charge on any atom is -0.449 e. The van der Waals surface area contributed by atoms with Gasteiger partial charge >= 0.3 is 6.16 Å². The van der Waals surface area contributed by atoms with Crippen LogP contribution in [0.1, 0.15) is 22.6 Å². The molecular weight excluding hydrogens is 404 g/mol. The number of carboxylic acid groups (broad SMARTS) is 1. The van der Waals surface area contributed by atoms with E-state index >= 15 is 0 Å². The number of para-hydroxylation sites is 1. The van der Waals surface area contributed by atoms with Crippen molar-refractivity contribution >= 4 is 23.5 Å². The third-order valence-corrected chi connectivity index (χ3v) is 5.22. The average molecular weight is 425 g/mol. The van der Waals surface area contributed by atoms with Gasteiger partial charge in [0.2, 0.25) is 5.88 Å².